The zero-order valence-corrected chi connectivity index (χ0v) is 12.3. The second-order valence-electron chi connectivity index (χ2n) is 4.99. The van der Waals surface area contributed by atoms with Gasteiger partial charge in [-0.1, -0.05) is 19.1 Å². The predicted octanol–water partition coefficient (Wildman–Crippen LogP) is 1.03. The molecular weight excluding hydrogens is 268 g/mol. The van der Waals surface area contributed by atoms with E-state index in [1.54, 1.807) is 0 Å². The van der Waals surface area contributed by atoms with Crippen LogP contribution < -0.4 is 5.73 Å². The number of rotatable bonds is 2. The first-order chi connectivity index (χ1) is 8.56. The van der Waals surface area contributed by atoms with Crippen LogP contribution in [0.2, 0.25) is 0 Å². The van der Waals surface area contributed by atoms with E-state index in [1.165, 1.54) is 0 Å². The van der Waals surface area contributed by atoms with Crippen LogP contribution in [0.3, 0.4) is 0 Å². The van der Waals surface area contributed by atoms with Gasteiger partial charge in [-0.3, -0.25) is 4.79 Å². The molecule has 0 aromatic heterocycles. The molecule has 18 heavy (non-hydrogen) atoms. The molecule has 102 valence electrons. The van der Waals surface area contributed by atoms with Crippen LogP contribution in [-0.2, 0) is 9.53 Å². The summed E-state index contributed by atoms with van der Waals surface area (Å²) in [5, 5.41) is 0.492. The lowest BCUT2D eigenvalue weighted by molar-refractivity contribution is -0.142. The van der Waals surface area contributed by atoms with Crippen LogP contribution in [0, 0.1) is 5.41 Å². The van der Waals surface area contributed by atoms with Gasteiger partial charge in [-0.15, -0.1) is 0 Å². The van der Waals surface area contributed by atoms with E-state index in [-0.39, 0.29) is 5.91 Å². The molecule has 2 fully saturated rings. The van der Waals surface area contributed by atoms with Gasteiger partial charge in [-0.25, -0.2) is 0 Å². The van der Waals surface area contributed by atoms with Gasteiger partial charge in [0.1, 0.15) is 5.41 Å². The van der Waals surface area contributed by atoms with Crippen LogP contribution in [0.5, 0.6) is 0 Å². The van der Waals surface area contributed by atoms with Gasteiger partial charge < -0.3 is 15.4 Å². The second-order valence-corrected chi connectivity index (χ2v) is 6.98. The van der Waals surface area contributed by atoms with E-state index >= 15 is 0 Å². The molecule has 2 aliphatic heterocycles. The highest BCUT2D eigenvalue weighted by molar-refractivity contribution is 7.99. The molecule has 1 amide bonds. The Morgan fingerprint density at radius 1 is 1.50 bits per heavy atom. The molecule has 2 heterocycles. The Labute approximate surface area is 118 Å². The summed E-state index contributed by atoms with van der Waals surface area (Å²) in [6.07, 6.45) is 1.25. The minimum atomic E-state index is -0.657. The lowest BCUT2D eigenvalue weighted by Gasteiger charge is -2.41. The molecule has 0 aromatic carbocycles. The summed E-state index contributed by atoms with van der Waals surface area (Å²) in [5.74, 6) is 1.11. The third kappa shape index (κ3) is 2.65. The number of hydrogen-bond acceptors (Lipinski definition) is 4. The standard InChI is InChI=1S/C12H20N2O2S2/c1-9-8-14(4-7-18-9)11(15)12(10(13)17)2-5-16-6-3-12/h9H,2-8H2,1H3,(H2,13,17). The number of carbonyl (C=O) groups excluding carboxylic acids is 1. The Morgan fingerprint density at radius 2 is 2.17 bits per heavy atom. The molecule has 0 aromatic rings. The first-order valence-corrected chi connectivity index (χ1v) is 7.80. The normalized spacial score (nSPS) is 27.8. The second kappa shape index (κ2) is 5.75. The molecule has 0 aliphatic carbocycles. The molecule has 2 N–H and O–H groups in total. The van der Waals surface area contributed by atoms with E-state index in [9.17, 15) is 4.79 Å². The number of amides is 1. The fourth-order valence-electron chi connectivity index (χ4n) is 2.59. The molecular formula is C12H20N2O2S2. The molecule has 2 aliphatic rings. The summed E-state index contributed by atoms with van der Waals surface area (Å²) in [6, 6.07) is 0. The van der Waals surface area contributed by atoms with Gasteiger partial charge in [-0.05, 0) is 12.8 Å². The van der Waals surface area contributed by atoms with E-state index < -0.39 is 5.41 Å². The summed E-state index contributed by atoms with van der Waals surface area (Å²) in [5.41, 5.74) is 5.21. The van der Waals surface area contributed by atoms with Crippen molar-refractivity contribution in [2.45, 2.75) is 25.0 Å². The van der Waals surface area contributed by atoms with Gasteiger partial charge in [0.15, 0.2) is 0 Å². The molecule has 4 nitrogen and oxygen atoms in total. The van der Waals surface area contributed by atoms with Crippen molar-refractivity contribution in [3.63, 3.8) is 0 Å². The van der Waals surface area contributed by atoms with Crippen LogP contribution in [0.4, 0.5) is 0 Å². The van der Waals surface area contributed by atoms with Crippen molar-refractivity contribution in [1.82, 2.24) is 4.90 Å². The van der Waals surface area contributed by atoms with Crippen molar-refractivity contribution in [3.05, 3.63) is 0 Å². The molecule has 0 radical (unpaired) electrons. The van der Waals surface area contributed by atoms with Gasteiger partial charge in [-0.2, -0.15) is 11.8 Å². The molecule has 2 rings (SSSR count). The highest BCUT2D eigenvalue weighted by Crippen LogP contribution is 2.34. The summed E-state index contributed by atoms with van der Waals surface area (Å²) >= 11 is 7.08. The zero-order valence-electron chi connectivity index (χ0n) is 10.7. The number of hydrogen-bond donors (Lipinski definition) is 1. The zero-order chi connectivity index (χ0) is 13.2. The Morgan fingerprint density at radius 3 is 2.72 bits per heavy atom. The predicted molar refractivity (Wildman–Crippen MR) is 77.8 cm³/mol. The van der Waals surface area contributed by atoms with Crippen molar-refractivity contribution in [2.75, 3.05) is 32.1 Å². The maximum Gasteiger partial charge on any atom is 0.235 e. The van der Waals surface area contributed by atoms with E-state index in [1.807, 2.05) is 16.7 Å². The number of ether oxygens (including phenoxy) is 1. The Kier molecular flexibility index (Phi) is 4.50. The van der Waals surface area contributed by atoms with Gasteiger partial charge in [0.05, 0.1) is 4.99 Å². The van der Waals surface area contributed by atoms with E-state index in [0.717, 1.165) is 18.8 Å². The van der Waals surface area contributed by atoms with Gasteiger partial charge >= 0.3 is 0 Å². The minimum absolute atomic E-state index is 0.116. The molecule has 0 spiro atoms. The van der Waals surface area contributed by atoms with Crippen LogP contribution in [0.1, 0.15) is 19.8 Å². The molecule has 0 bridgehead atoms. The fourth-order valence-corrected chi connectivity index (χ4v) is 3.90. The summed E-state index contributed by atoms with van der Waals surface area (Å²) in [6.45, 7) is 4.90. The Hall–Kier alpha value is -0.330. The molecule has 1 atom stereocenters. The van der Waals surface area contributed by atoms with Crippen LogP contribution in [0.15, 0.2) is 0 Å². The molecule has 0 saturated carbocycles. The SMILES string of the molecule is CC1CN(C(=O)C2(C(N)=S)CCOCC2)CCS1. The fraction of sp³-hybridized carbons (Fsp3) is 0.833. The lowest BCUT2D eigenvalue weighted by atomic mass is 9.78. The number of carbonyl (C=O) groups is 1. The van der Waals surface area contributed by atoms with Crippen LogP contribution in [0.25, 0.3) is 0 Å². The molecule has 1 unspecified atom stereocenters. The molecule has 2 saturated heterocycles. The average molecular weight is 288 g/mol. The first kappa shape index (κ1) is 14.1. The van der Waals surface area contributed by atoms with Crippen LogP contribution >= 0.6 is 24.0 Å². The summed E-state index contributed by atoms with van der Waals surface area (Å²) < 4.78 is 5.34. The van der Waals surface area contributed by atoms with Crippen molar-refractivity contribution in [1.29, 1.82) is 0 Å². The van der Waals surface area contributed by atoms with Crippen molar-refractivity contribution in [3.8, 4) is 0 Å². The van der Waals surface area contributed by atoms with Crippen molar-refractivity contribution < 1.29 is 9.53 Å². The third-order valence-electron chi connectivity index (χ3n) is 3.76. The Bertz CT molecular complexity index is 343. The molecule has 6 heteroatoms. The van der Waals surface area contributed by atoms with Gasteiger partial charge in [0.2, 0.25) is 5.91 Å². The summed E-state index contributed by atoms with van der Waals surface area (Å²) in [7, 11) is 0. The number of nitrogens with zero attached hydrogens (tertiary/aromatic N) is 1. The Balaban J connectivity index is 2.15. The highest BCUT2D eigenvalue weighted by atomic mass is 32.2. The number of thioether (sulfide) groups is 1. The van der Waals surface area contributed by atoms with E-state index in [4.69, 9.17) is 22.7 Å². The maximum atomic E-state index is 12.8. The smallest absolute Gasteiger partial charge is 0.235 e. The summed E-state index contributed by atoms with van der Waals surface area (Å²) in [4.78, 5) is 15.0. The van der Waals surface area contributed by atoms with E-state index in [0.29, 0.717) is 36.3 Å². The van der Waals surface area contributed by atoms with Crippen LogP contribution in [-0.4, -0.2) is 53.1 Å². The van der Waals surface area contributed by atoms with E-state index in [2.05, 4.69) is 6.92 Å². The average Bonchev–Trinajstić information content (AvgIpc) is 2.38. The largest absolute Gasteiger partial charge is 0.392 e. The number of thiocarbonyl (C=S) groups is 1. The number of nitrogens with two attached hydrogens (primary N) is 1. The lowest BCUT2D eigenvalue weighted by Crippen LogP contribution is -2.55. The maximum absolute atomic E-state index is 12.8. The van der Waals surface area contributed by atoms with Gasteiger partial charge in [0, 0.05) is 37.3 Å². The monoisotopic (exact) mass is 288 g/mol. The topological polar surface area (TPSA) is 55.6 Å². The van der Waals surface area contributed by atoms with Gasteiger partial charge in [0.25, 0.3) is 0 Å². The van der Waals surface area contributed by atoms with Crippen molar-refractivity contribution >= 4 is 34.9 Å². The minimum Gasteiger partial charge on any atom is -0.392 e. The highest BCUT2D eigenvalue weighted by Gasteiger charge is 2.45. The quantitative estimate of drug-likeness (QED) is 0.769. The third-order valence-corrected chi connectivity index (χ3v) is 5.28. The first-order valence-electron chi connectivity index (χ1n) is 6.35. The van der Waals surface area contributed by atoms with Crippen molar-refractivity contribution in [2.24, 2.45) is 11.1 Å².